The Kier molecular flexibility index (Phi) is 2.80. The van der Waals surface area contributed by atoms with Crippen LogP contribution in [0.4, 0.5) is 0 Å². The van der Waals surface area contributed by atoms with Crippen LogP contribution in [-0.4, -0.2) is 34.7 Å². The van der Waals surface area contributed by atoms with Crippen molar-refractivity contribution >= 4 is 6.29 Å². The van der Waals surface area contributed by atoms with Crippen molar-refractivity contribution in [2.75, 3.05) is 13.6 Å². The van der Waals surface area contributed by atoms with Crippen LogP contribution in [0.1, 0.15) is 5.69 Å². The first kappa shape index (κ1) is 7.94. The summed E-state index contributed by atoms with van der Waals surface area (Å²) in [6, 6.07) is 0. The smallest absolute Gasteiger partial charge is 0.133 e. The van der Waals surface area contributed by atoms with Gasteiger partial charge in [-0.1, -0.05) is 0 Å². The van der Waals surface area contributed by atoms with E-state index in [1.165, 1.54) is 0 Å². The second-order valence-electron chi connectivity index (χ2n) is 2.44. The number of aromatic amines is 1. The van der Waals surface area contributed by atoms with E-state index in [9.17, 15) is 4.79 Å². The highest BCUT2D eigenvalue weighted by Crippen LogP contribution is 1.94. The first-order valence-corrected chi connectivity index (χ1v) is 3.42. The number of imidazole rings is 1. The van der Waals surface area contributed by atoms with Gasteiger partial charge < -0.3 is 9.78 Å². The third kappa shape index (κ3) is 2.51. The molecular weight excluding hydrogens is 142 g/mol. The van der Waals surface area contributed by atoms with Gasteiger partial charge >= 0.3 is 0 Å². The molecule has 0 spiro atoms. The topological polar surface area (TPSA) is 49.0 Å². The van der Waals surface area contributed by atoms with Crippen molar-refractivity contribution < 1.29 is 4.79 Å². The highest BCUT2D eigenvalue weighted by molar-refractivity contribution is 5.51. The Hall–Kier alpha value is -1.16. The number of likely N-dealkylation sites (N-methyl/N-ethyl adjacent to an activating group) is 1. The fourth-order valence-corrected chi connectivity index (χ4v) is 0.854. The zero-order chi connectivity index (χ0) is 8.10. The molecule has 0 aliphatic rings. The Morgan fingerprint density at radius 1 is 1.82 bits per heavy atom. The lowest BCUT2D eigenvalue weighted by atomic mass is 10.4. The Bertz CT molecular complexity index is 207. The normalized spacial score (nSPS) is 10.4. The van der Waals surface area contributed by atoms with Gasteiger partial charge in [0.2, 0.25) is 0 Å². The molecule has 4 nitrogen and oxygen atoms in total. The average Bonchev–Trinajstić information content (AvgIpc) is 2.40. The third-order valence-corrected chi connectivity index (χ3v) is 1.38. The predicted molar refractivity (Wildman–Crippen MR) is 41.0 cm³/mol. The van der Waals surface area contributed by atoms with Gasteiger partial charge in [0.05, 0.1) is 12.9 Å². The van der Waals surface area contributed by atoms with Crippen molar-refractivity contribution in [2.45, 2.75) is 6.54 Å². The average molecular weight is 153 g/mol. The first-order valence-electron chi connectivity index (χ1n) is 3.42. The number of carbonyl (C=O) groups excluding carboxylic acids is 1. The number of aromatic nitrogens is 2. The second kappa shape index (κ2) is 3.88. The van der Waals surface area contributed by atoms with E-state index in [1.807, 2.05) is 11.9 Å². The summed E-state index contributed by atoms with van der Waals surface area (Å²) < 4.78 is 0. The van der Waals surface area contributed by atoms with Crippen LogP contribution in [0.15, 0.2) is 12.5 Å². The largest absolute Gasteiger partial charge is 0.347 e. The summed E-state index contributed by atoms with van der Waals surface area (Å²) in [5.74, 6) is 0. The van der Waals surface area contributed by atoms with Crippen LogP contribution in [0.2, 0.25) is 0 Å². The summed E-state index contributed by atoms with van der Waals surface area (Å²) in [5.41, 5.74) is 1.02. The Morgan fingerprint density at radius 2 is 2.64 bits per heavy atom. The zero-order valence-corrected chi connectivity index (χ0v) is 6.45. The summed E-state index contributed by atoms with van der Waals surface area (Å²) in [6.07, 6.45) is 4.27. The Labute approximate surface area is 65.2 Å². The molecule has 0 bridgehead atoms. The van der Waals surface area contributed by atoms with E-state index in [1.54, 1.807) is 12.5 Å². The maximum atomic E-state index is 10.1. The van der Waals surface area contributed by atoms with E-state index < -0.39 is 0 Å². The zero-order valence-electron chi connectivity index (χ0n) is 6.45. The minimum absolute atomic E-state index is 0.457. The molecule has 0 atom stereocenters. The number of nitrogens with one attached hydrogen (secondary N) is 1. The maximum absolute atomic E-state index is 10.1. The van der Waals surface area contributed by atoms with Crippen molar-refractivity contribution in [3.63, 3.8) is 0 Å². The molecule has 0 amide bonds. The van der Waals surface area contributed by atoms with E-state index in [2.05, 4.69) is 9.97 Å². The van der Waals surface area contributed by atoms with E-state index in [4.69, 9.17) is 0 Å². The molecule has 0 unspecified atom stereocenters. The molecule has 0 radical (unpaired) electrons. The molecule has 1 N–H and O–H groups in total. The van der Waals surface area contributed by atoms with Gasteiger partial charge in [-0.15, -0.1) is 0 Å². The lowest BCUT2D eigenvalue weighted by Crippen LogP contribution is -2.19. The number of carbonyl (C=O) groups is 1. The fraction of sp³-hybridized carbons (Fsp3) is 0.429. The third-order valence-electron chi connectivity index (χ3n) is 1.38. The van der Waals surface area contributed by atoms with Gasteiger partial charge in [-0.2, -0.15) is 0 Å². The highest BCUT2D eigenvalue weighted by atomic mass is 16.1. The van der Waals surface area contributed by atoms with Crippen molar-refractivity contribution in [1.82, 2.24) is 14.9 Å². The fourth-order valence-electron chi connectivity index (χ4n) is 0.854. The van der Waals surface area contributed by atoms with Gasteiger partial charge in [0.15, 0.2) is 0 Å². The van der Waals surface area contributed by atoms with Crippen LogP contribution in [0.3, 0.4) is 0 Å². The molecule has 0 saturated carbocycles. The summed E-state index contributed by atoms with van der Waals surface area (Å²) in [7, 11) is 1.88. The van der Waals surface area contributed by atoms with Crippen molar-refractivity contribution in [2.24, 2.45) is 0 Å². The number of H-pyrrole nitrogens is 1. The quantitative estimate of drug-likeness (QED) is 0.621. The number of hydrogen-bond acceptors (Lipinski definition) is 3. The lowest BCUT2D eigenvalue weighted by Gasteiger charge is -2.10. The van der Waals surface area contributed by atoms with Crippen LogP contribution in [0.25, 0.3) is 0 Å². The van der Waals surface area contributed by atoms with E-state index in [0.717, 1.165) is 18.5 Å². The van der Waals surface area contributed by atoms with Crippen LogP contribution in [0, 0.1) is 0 Å². The SMILES string of the molecule is CN(CC=O)Cc1cnc[nH]1. The molecule has 60 valence electrons. The van der Waals surface area contributed by atoms with Crippen molar-refractivity contribution in [1.29, 1.82) is 0 Å². The molecule has 0 fully saturated rings. The molecular formula is C7H11N3O. The highest BCUT2D eigenvalue weighted by Gasteiger charge is 1.98. The van der Waals surface area contributed by atoms with Crippen LogP contribution >= 0.6 is 0 Å². The van der Waals surface area contributed by atoms with E-state index in [-0.39, 0.29) is 0 Å². The van der Waals surface area contributed by atoms with Crippen molar-refractivity contribution in [3.05, 3.63) is 18.2 Å². The summed E-state index contributed by atoms with van der Waals surface area (Å²) >= 11 is 0. The first-order chi connectivity index (χ1) is 5.33. The van der Waals surface area contributed by atoms with Gasteiger partial charge in [-0.05, 0) is 7.05 Å². The molecule has 1 aromatic heterocycles. The number of nitrogens with zero attached hydrogens (tertiary/aromatic N) is 2. The van der Waals surface area contributed by atoms with Crippen LogP contribution < -0.4 is 0 Å². The lowest BCUT2D eigenvalue weighted by molar-refractivity contribution is -0.108. The molecule has 1 rings (SSSR count). The van der Waals surface area contributed by atoms with Gasteiger partial charge in [0.25, 0.3) is 0 Å². The summed E-state index contributed by atoms with van der Waals surface area (Å²) in [6.45, 7) is 1.19. The second-order valence-corrected chi connectivity index (χ2v) is 2.44. The van der Waals surface area contributed by atoms with Gasteiger partial charge in [-0.25, -0.2) is 4.98 Å². The van der Waals surface area contributed by atoms with E-state index in [0.29, 0.717) is 6.54 Å². The minimum Gasteiger partial charge on any atom is -0.347 e. The van der Waals surface area contributed by atoms with E-state index >= 15 is 0 Å². The van der Waals surface area contributed by atoms with Gasteiger partial charge in [0.1, 0.15) is 6.29 Å². The molecule has 11 heavy (non-hydrogen) atoms. The van der Waals surface area contributed by atoms with Crippen molar-refractivity contribution in [3.8, 4) is 0 Å². The predicted octanol–water partition coefficient (Wildman–Crippen LogP) is 0.0404. The number of rotatable bonds is 4. The van der Waals surface area contributed by atoms with Gasteiger partial charge in [-0.3, -0.25) is 4.90 Å². The summed E-state index contributed by atoms with van der Waals surface area (Å²) in [4.78, 5) is 18.8. The summed E-state index contributed by atoms with van der Waals surface area (Å²) in [5, 5.41) is 0. The van der Waals surface area contributed by atoms with Gasteiger partial charge in [0, 0.05) is 18.4 Å². The molecule has 1 aromatic rings. The molecule has 0 aromatic carbocycles. The number of aldehydes is 1. The molecule has 4 heteroatoms. The Morgan fingerprint density at radius 3 is 3.18 bits per heavy atom. The monoisotopic (exact) mass is 153 g/mol. The molecule has 0 saturated heterocycles. The maximum Gasteiger partial charge on any atom is 0.133 e. The molecule has 0 aliphatic carbocycles. The molecule has 0 aliphatic heterocycles. The Balaban J connectivity index is 2.37. The number of hydrogen-bond donors (Lipinski definition) is 1. The minimum atomic E-state index is 0.457. The molecule has 1 heterocycles. The van der Waals surface area contributed by atoms with Crippen LogP contribution in [0.5, 0.6) is 0 Å². The standard InChI is InChI=1S/C7H11N3O/c1-10(2-3-11)5-7-4-8-6-9-7/h3-4,6H,2,5H2,1H3,(H,8,9). The van der Waals surface area contributed by atoms with Crippen LogP contribution in [-0.2, 0) is 11.3 Å².